The van der Waals surface area contributed by atoms with Crippen molar-refractivity contribution in [3.8, 4) is 0 Å². The van der Waals surface area contributed by atoms with Crippen LogP contribution in [-0.4, -0.2) is 140 Å². The number of rotatable bonds is 29. The monoisotopic (exact) mass is 1010 g/mol. The number of fused-ring (bicyclic) bond motifs is 1. The van der Waals surface area contributed by atoms with E-state index >= 15 is 0 Å². The summed E-state index contributed by atoms with van der Waals surface area (Å²) in [6, 6.07) is -0.524. The Kier molecular flexibility index (Phi) is 22.2. The van der Waals surface area contributed by atoms with Crippen LogP contribution in [0.5, 0.6) is 0 Å². The third-order valence-electron chi connectivity index (χ3n) is 12.8. The van der Waals surface area contributed by atoms with Gasteiger partial charge in [0, 0.05) is 55.3 Å². The van der Waals surface area contributed by atoms with Crippen molar-refractivity contribution in [1.29, 1.82) is 0 Å². The highest BCUT2D eigenvalue weighted by atomic mass is 16.3. The van der Waals surface area contributed by atoms with Crippen LogP contribution in [-0.2, 0) is 56.0 Å². The number of nitrogens with two attached hydrogens (primary N) is 3. The average Bonchev–Trinajstić information content (AvgIpc) is 4.12. The van der Waals surface area contributed by atoms with Crippen LogP contribution in [0.25, 0.3) is 10.9 Å². The summed E-state index contributed by atoms with van der Waals surface area (Å²) in [5, 5.41) is 28.2. The molecule has 4 rings (SSSR count). The van der Waals surface area contributed by atoms with Gasteiger partial charge in [0.05, 0.1) is 37.5 Å². The second kappa shape index (κ2) is 27.7. The quantitative estimate of drug-likeness (QED) is 0.0406. The lowest BCUT2D eigenvalue weighted by molar-refractivity contribution is -0.140. The van der Waals surface area contributed by atoms with Gasteiger partial charge in [-0.05, 0) is 55.6 Å². The molecule has 1 saturated carbocycles. The first-order chi connectivity index (χ1) is 34.0. The number of aliphatic hydroxyl groups excluding tert-OH is 1. The van der Waals surface area contributed by atoms with Gasteiger partial charge in [0.25, 0.3) is 0 Å². The Balaban J connectivity index is 1.40. The molecule has 2 heterocycles. The molecule has 0 saturated heterocycles. The number of amides is 9. The highest BCUT2D eigenvalue weighted by molar-refractivity contribution is 5.96. The molecule has 1 aromatic carbocycles. The Bertz CT molecular complexity index is 2330. The highest BCUT2D eigenvalue weighted by Crippen LogP contribution is 2.28. The molecule has 3 aromatic rings. The number of primary amides is 2. The van der Waals surface area contributed by atoms with Gasteiger partial charge in [-0.25, -0.2) is 4.98 Å². The van der Waals surface area contributed by atoms with Gasteiger partial charge in [-0.15, -0.1) is 0 Å². The molecule has 15 N–H and O–H groups in total. The molecule has 0 bridgehead atoms. The van der Waals surface area contributed by atoms with Gasteiger partial charge in [-0.1, -0.05) is 71.6 Å². The summed E-state index contributed by atoms with van der Waals surface area (Å²) in [6.07, 6.45) is 7.11. The summed E-state index contributed by atoms with van der Waals surface area (Å²) in [7, 11) is 1.35. The SMILES string of the molecule is CC(C)C[C@@H](NC(=O)[C@H](Cc1cnc[nH]1)NC(=O)CN(C)C(=O)[C@@H](NC(=O)[C@H](C)NC(=O)[C@H](Cc1c[nH]c2ccccc12)NC(=O)[C@@H](N)CCC(N)=O)C(C)C)[C@H](O)CC(=O)N[C@@H](CC1CCCC1)C(N)=O. The lowest BCUT2D eigenvalue weighted by Gasteiger charge is -2.30. The molecular weight excluding hydrogens is 931 g/mol. The second-order valence-corrected chi connectivity index (χ2v) is 19.7. The van der Waals surface area contributed by atoms with E-state index < -0.39 is 120 Å². The number of hydrogen-bond acceptors (Lipinski definition) is 12. The van der Waals surface area contributed by atoms with Gasteiger partial charge >= 0.3 is 0 Å². The van der Waals surface area contributed by atoms with E-state index in [9.17, 15) is 48.3 Å². The van der Waals surface area contributed by atoms with Crippen LogP contribution in [0.2, 0.25) is 0 Å². The minimum Gasteiger partial charge on any atom is -0.390 e. The van der Waals surface area contributed by atoms with Gasteiger partial charge < -0.3 is 69.1 Å². The number of aromatic nitrogens is 3. The number of carbonyl (C=O) groups excluding carboxylic acids is 9. The zero-order chi connectivity index (χ0) is 53.2. The summed E-state index contributed by atoms with van der Waals surface area (Å²) >= 11 is 0. The number of carbonyl (C=O) groups is 9. The standard InChI is InChI=1S/C49H75N13O10/c1-26(2)17-35(39(63)21-41(65)57-36(44(52)67)18-29-11-7-8-12-29)59-48(71)38(20-31-23-53-25-55-31)58-42(66)24-62(6)49(72)43(27(3)4)61-45(68)28(5)56-47(70)37(60-46(69)33(50)15-16-40(51)64)19-30-22-54-34-14-10-9-13-32(30)34/h9-10,13-14,22-23,25-29,33,35-39,43,54,63H,7-8,11-12,15-21,24,50H2,1-6H3,(H2,51,64)(H2,52,67)(H,53,55)(H,56,70)(H,57,65)(H,58,66)(H,59,71)(H,60,69)(H,61,68)/t28-,33-,35+,36-,37-,38-,39+,43-/m0/s1. The molecule has 0 aliphatic heterocycles. The smallest absolute Gasteiger partial charge is 0.245 e. The number of nitrogens with zero attached hydrogens (tertiary/aromatic N) is 2. The van der Waals surface area contributed by atoms with E-state index in [1.807, 2.05) is 38.1 Å². The van der Waals surface area contributed by atoms with Crippen LogP contribution in [0.4, 0.5) is 0 Å². The van der Waals surface area contributed by atoms with Gasteiger partial charge in [0.2, 0.25) is 53.2 Å². The predicted octanol–water partition coefficient (Wildman–Crippen LogP) is -0.825. The lowest BCUT2D eigenvalue weighted by atomic mass is 9.95. The zero-order valence-electron chi connectivity index (χ0n) is 42.1. The number of nitrogens with one attached hydrogen (secondary N) is 8. The second-order valence-electron chi connectivity index (χ2n) is 19.7. The minimum absolute atomic E-state index is 0.00234. The zero-order valence-corrected chi connectivity index (χ0v) is 42.1. The number of benzene rings is 1. The lowest BCUT2D eigenvalue weighted by Crippen LogP contribution is -2.59. The van der Waals surface area contributed by atoms with Gasteiger partial charge in [-0.2, -0.15) is 0 Å². The Morgan fingerprint density at radius 3 is 2.07 bits per heavy atom. The first kappa shape index (κ1) is 57.7. The fourth-order valence-electron chi connectivity index (χ4n) is 8.72. The molecule has 0 unspecified atom stereocenters. The third kappa shape index (κ3) is 18.1. The predicted molar refractivity (Wildman–Crippen MR) is 266 cm³/mol. The Labute approximate surface area is 419 Å². The fourth-order valence-corrected chi connectivity index (χ4v) is 8.72. The first-order valence-electron chi connectivity index (χ1n) is 24.6. The number of H-pyrrole nitrogens is 2. The van der Waals surface area contributed by atoms with Crippen molar-refractivity contribution in [2.75, 3.05) is 13.6 Å². The molecule has 1 aliphatic rings. The van der Waals surface area contributed by atoms with Gasteiger partial charge in [-0.3, -0.25) is 43.2 Å². The summed E-state index contributed by atoms with van der Waals surface area (Å²) < 4.78 is 0. The molecule has 23 nitrogen and oxygen atoms in total. The summed E-state index contributed by atoms with van der Waals surface area (Å²) in [6.45, 7) is 7.95. The van der Waals surface area contributed by atoms with Gasteiger partial charge in [0.15, 0.2) is 0 Å². The summed E-state index contributed by atoms with van der Waals surface area (Å²) in [5.41, 5.74) is 18.8. The van der Waals surface area contributed by atoms with Crippen LogP contribution in [0, 0.1) is 17.8 Å². The van der Waals surface area contributed by atoms with Crippen LogP contribution in [0.1, 0.15) is 104 Å². The summed E-state index contributed by atoms with van der Waals surface area (Å²) in [5.74, 6) is -6.49. The van der Waals surface area contributed by atoms with E-state index in [0.717, 1.165) is 41.5 Å². The Morgan fingerprint density at radius 2 is 1.44 bits per heavy atom. The van der Waals surface area contributed by atoms with E-state index in [4.69, 9.17) is 17.2 Å². The van der Waals surface area contributed by atoms with Crippen LogP contribution >= 0.6 is 0 Å². The van der Waals surface area contributed by atoms with Crippen molar-refractivity contribution in [1.82, 2.24) is 51.8 Å². The van der Waals surface area contributed by atoms with E-state index in [2.05, 4.69) is 46.9 Å². The number of hydrogen-bond donors (Lipinski definition) is 12. The van der Waals surface area contributed by atoms with Crippen molar-refractivity contribution in [3.05, 3.63) is 54.2 Å². The molecular formula is C49H75N13O10. The molecule has 1 aliphatic carbocycles. The number of aliphatic hydroxyl groups is 1. The van der Waals surface area contributed by atoms with E-state index in [-0.39, 0.29) is 43.9 Å². The van der Waals surface area contributed by atoms with Crippen LogP contribution < -0.4 is 49.1 Å². The molecule has 0 spiro atoms. The van der Waals surface area contributed by atoms with E-state index in [1.165, 1.54) is 26.5 Å². The maximum atomic E-state index is 14.0. The molecule has 0 radical (unpaired) electrons. The third-order valence-corrected chi connectivity index (χ3v) is 12.8. The maximum absolute atomic E-state index is 14.0. The summed E-state index contributed by atoms with van der Waals surface area (Å²) in [4.78, 5) is 130. The number of likely N-dealkylation sites (N-methyl/N-ethyl adjacent to an activating group) is 1. The molecule has 1 fully saturated rings. The first-order valence-corrected chi connectivity index (χ1v) is 24.6. The fraction of sp³-hybridized carbons (Fsp3) is 0.592. The Morgan fingerprint density at radius 1 is 0.792 bits per heavy atom. The van der Waals surface area contributed by atoms with E-state index in [1.54, 1.807) is 20.0 Å². The minimum atomic E-state index is -1.38. The number of imidazole rings is 1. The topological polar surface area (TPSA) is 372 Å². The molecule has 396 valence electrons. The van der Waals surface area contributed by atoms with Crippen molar-refractivity contribution < 1.29 is 48.3 Å². The Hall–Kier alpha value is -6.88. The molecule has 2 aromatic heterocycles. The van der Waals surface area contributed by atoms with Crippen molar-refractivity contribution in [2.24, 2.45) is 35.0 Å². The maximum Gasteiger partial charge on any atom is 0.245 e. The molecule has 8 atom stereocenters. The van der Waals surface area contributed by atoms with Crippen molar-refractivity contribution in [2.45, 2.75) is 154 Å². The van der Waals surface area contributed by atoms with Crippen molar-refractivity contribution >= 4 is 64.1 Å². The molecule has 72 heavy (non-hydrogen) atoms. The largest absolute Gasteiger partial charge is 0.390 e. The highest BCUT2D eigenvalue weighted by Gasteiger charge is 2.34. The molecule has 23 heteroatoms. The van der Waals surface area contributed by atoms with Crippen LogP contribution in [0.3, 0.4) is 0 Å². The van der Waals surface area contributed by atoms with Crippen molar-refractivity contribution in [3.63, 3.8) is 0 Å². The van der Waals surface area contributed by atoms with E-state index in [0.29, 0.717) is 17.7 Å². The average molecular weight is 1010 g/mol. The number of para-hydroxylation sites is 1. The van der Waals surface area contributed by atoms with Crippen LogP contribution in [0.15, 0.2) is 43.0 Å². The number of aromatic amines is 2. The van der Waals surface area contributed by atoms with Gasteiger partial charge in [0.1, 0.15) is 30.2 Å². The normalized spacial score (nSPS) is 16.1. The molecule has 9 amide bonds.